The molecule has 92 valence electrons. The lowest BCUT2D eigenvalue weighted by Crippen LogP contribution is -2.17. The van der Waals surface area contributed by atoms with E-state index in [9.17, 15) is 0 Å². The molecule has 0 fully saturated rings. The maximum atomic E-state index is 8.99. The highest BCUT2D eigenvalue weighted by Gasteiger charge is 2.10. The molecule has 2 aromatic carbocycles. The zero-order valence-electron chi connectivity index (χ0n) is 10.2. The molecule has 1 unspecified atom stereocenters. The first-order chi connectivity index (χ1) is 8.71. The van der Waals surface area contributed by atoms with Crippen LogP contribution in [0.4, 0.5) is 0 Å². The average Bonchev–Trinajstić information content (AvgIpc) is 2.40. The van der Waals surface area contributed by atoms with Gasteiger partial charge in [-0.1, -0.05) is 18.2 Å². The van der Waals surface area contributed by atoms with Crippen molar-refractivity contribution in [3.63, 3.8) is 0 Å². The summed E-state index contributed by atoms with van der Waals surface area (Å²) in [5, 5.41) is 14.2. The second kappa shape index (κ2) is 5.49. The quantitative estimate of drug-likeness (QED) is 0.885. The van der Waals surface area contributed by atoms with E-state index in [0.29, 0.717) is 5.56 Å². The Morgan fingerprint density at radius 2 is 2.11 bits per heavy atom. The first-order valence-corrected chi connectivity index (χ1v) is 6.33. The SMILES string of the molecule is CNC(OC)c1ccc2c(Br)c(C#N)ccc2c1. The second-order valence-electron chi connectivity index (χ2n) is 3.92. The van der Waals surface area contributed by atoms with E-state index >= 15 is 0 Å². The minimum atomic E-state index is -0.121. The Labute approximate surface area is 114 Å². The molecule has 0 spiro atoms. The number of ether oxygens (including phenoxy) is 1. The smallest absolute Gasteiger partial charge is 0.133 e. The van der Waals surface area contributed by atoms with Gasteiger partial charge in [0.1, 0.15) is 12.3 Å². The number of benzene rings is 2. The van der Waals surface area contributed by atoms with Crippen LogP contribution in [0.2, 0.25) is 0 Å². The molecule has 0 heterocycles. The molecule has 18 heavy (non-hydrogen) atoms. The lowest BCUT2D eigenvalue weighted by atomic mass is 10.0. The van der Waals surface area contributed by atoms with Crippen molar-refractivity contribution in [3.05, 3.63) is 45.9 Å². The zero-order chi connectivity index (χ0) is 13.1. The Balaban J connectivity index is 2.58. The monoisotopic (exact) mass is 304 g/mol. The van der Waals surface area contributed by atoms with E-state index in [2.05, 4.69) is 33.4 Å². The molecule has 0 bridgehead atoms. The summed E-state index contributed by atoms with van der Waals surface area (Å²) in [5.41, 5.74) is 1.70. The average molecular weight is 305 g/mol. The summed E-state index contributed by atoms with van der Waals surface area (Å²) in [7, 11) is 3.52. The van der Waals surface area contributed by atoms with Crippen molar-refractivity contribution in [2.45, 2.75) is 6.23 Å². The largest absolute Gasteiger partial charge is 0.362 e. The molecular weight excluding hydrogens is 292 g/mol. The van der Waals surface area contributed by atoms with Crippen LogP contribution < -0.4 is 5.32 Å². The van der Waals surface area contributed by atoms with Gasteiger partial charge in [-0.2, -0.15) is 5.26 Å². The fraction of sp³-hybridized carbons (Fsp3) is 0.214. The van der Waals surface area contributed by atoms with Gasteiger partial charge in [-0.15, -0.1) is 0 Å². The number of hydrogen-bond acceptors (Lipinski definition) is 3. The molecule has 0 saturated heterocycles. The number of hydrogen-bond donors (Lipinski definition) is 1. The van der Waals surface area contributed by atoms with E-state index in [1.165, 1.54) is 0 Å². The van der Waals surface area contributed by atoms with Gasteiger partial charge in [-0.05, 0) is 51.4 Å². The van der Waals surface area contributed by atoms with E-state index in [-0.39, 0.29) is 6.23 Å². The fourth-order valence-electron chi connectivity index (χ4n) is 1.98. The summed E-state index contributed by atoms with van der Waals surface area (Å²) < 4.78 is 6.17. The fourth-order valence-corrected chi connectivity index (χ4v) is 2.56. The highest BCUT2D eigenvalue weighted by molar-refractivity contribution is 9.10. The van der Waals surface area contributed by atoms with E-state index < -0.39 is 0 Å². The highest BCUT2D eigenvalue weighted by atomic mass is 79.9. The molecule has 4 heteroatoms. The van der Waals surface area contributed by atoms with Gasteiger partial charge in [0.2, 0.25) is 0 Å². The molecule has 0 saturated carbocycles. The molecule has 2 rings (SSSR count). The third kappa shape index (κ3) is 2.25. The van der Waals surface area contributed by atoms with Crippen molar-refractivity contribution in [1.82, 2.24) is 5.32 Å². The first kappa shape index (κ1) is 13.0. The van der Waals surface area contributed by atoms with Gasteiger partial charge in [0.25, 0.3) is 0 Å². The maximum absolute atomic E-state index is 8.99. The van der Waals surface area contributed by atoms with Crippen molar-refractivity contribution in [3.8, 4) is 6.07 Å². The number of nitriles is 1. The molecular formula is C14H13BrN2O. The molecule has 0 aromatic heterocycles. The Kier molecular flexibility index (Phi) is 3.97. The maximum Gasteiger partial charge on any atom is 0.133 e. The summed E-state index contributed by atoms with van der Waals surface area (Å²) in [5.74, 6) is 0. The summed E-state index contributed by atoms with van der Waals surface area (Å²) in [6, 6.07) is 12.0. The van der Waals surface area contributed by atoms with Crippen molar-refractivity contribution in [1.29, 1.82) is 5.26 Å². The van der Waals surface area contributed by atoms with Crippen LogP contribution in [-0.4, -0.2) is 14.2 Å². The summed E-state index contributed by atoms with van der Waals surface area (Å²) >= 11 is 3.47. The third-order valence-electron chi connectivity index (χ3n) is 2.90. The third-order valence-corrected chi connectivity index (χ3v) is 3.75. The van der Waals surface area contributed by atoms with Gasteiger partial charge in [0, 0.05) is 11.6 Å². The Morgan fingerprint density at radius 1 is 1.33 bits per heavy atom. The van der Waals surface area contributed by atoms with Crippen molar-refractivity contribution in [2.24, 2.45) is 0 Å². The van der Waals surface area contributed by atoms with Crippen LogP contribution in [0.15, 0.2) is 34.8 Å². The van der Waals surface area contributed by atoms with Gasteiger partial charge in [-0.3, -0.25) is 5.32 Å². The molecule has 1 N–H and O–H groups in total. The number of fused-ring (bicyclic) bond motifs is 1. The van der Waals surface area contributed by atoms with Crippen molar-refractivity contribution >= 4 is 26.7 Å². The number of rotatable bonds is 3. The lowest BCUT2D eigenvalue weighted by Gasteiger charge is -2.15. The summed E-state index contributed by atoms with van der Waals surface area (Å²) in [6.45, 7) is 0. The first-order valence-electron chi connectivity index (χ1n) is 5.53. The van der Waals surface area contributed by atoms with E-state index in [0.717, 1.165) is 20.8 Å². The predicted octanol–water partition coefficient (Wildman–Crippen LogP) is 3.34. The number of halogens is 1. The second-order valence-corrected chi connectivity index (χ2v) is 4.72. The molecule has 0 amide bonds. The zero-order valence-corrected chi connectivity index (χ0v) is 11.8. The minimum Gasteiger partial charge on any atom is -0.362 e. The molecule has 0 radical (unpaired) electrons. The van der Waals surface area contributed by atoms with Crippen LogP contribution >= 0.6 is 15.9 Å². The van der Waals surface area contributed by atoms with Gasteiger partial charge in [0.05, 0.1) is 5.56 Å². The van der Waals surface area contributed by atoms with Crippen LogP contribution in [0.3, 0.4) is 0 Å². The predicted molar refractivity (Wildman–Crippen MR) is 75.2 cm³/mol. The highest BCUT2D eigenvalue weighted by Crippen LogP contribution is 2.29. The Hall–Kier alpha value is -1.41. The Bertz CT molecular complexity index is 615. The van der Waals surface area contributed by atoms with Crippen LogP contribution in [0.25, 0.3) is 10.8 Å². The molecule has 1 atom stereocenters. The van der Waals surface area contributed by atoms with Gasteiger partial charge >= 0.3 is 0 Å². The molecule has 0 aliphatic carbocycles. The van der Waals surface area contributed by atoms with Crippen LogP contribution in [0, 0.1) is 11.3 Å². The van der Waals surface area contributed by atoms with E-state index in [1.807, 2.05) is 31.3 Å². The molecule has 2 aromatic rings. The standard InChI is InChI=1S/C14H13BrN2O/c1-17-14(18-2)10-5-6-12-9(7-10)3-4-11(8-16)13(12)15/h3-7,14,17H,1-2H3. The molecule has 0 aliphatic heterocycles. The van der Waals surface area contributed by atoms with E-state index in [4.69, 9.17) is 10.00 Å². The van der Waals surface area contributed by atoms with Crippen molar-refractivity contribution < 1.29 is 4.74 Å². The van der Waals surface area contributed by atoms with Crippen molar-refractivity contribution in [2.75, 3.05) is 14.2 Å². The minimum absolute atomic E-state index is 0.121. The normalized spacial score (nSPS) is 12.3. The number of methoxy groups -OCH3 is 1. The van der Waals surface area contributed by atoms with Crippen LogP contribution in [-0.2, 0) is 4.74 Å². The number of nitrogens with zero attached hydrogens (tertiary/aromatic N) is 1. The van der Waals surface area contributed by atoms with Crippen LogP contribution in [0.1, 0.15) is 17.4 Å². The van der Waals surface area contributed by atoms with Crippen LogP contribution in [0.5, 0.6) is 0 Å². The van der Waals surface area contributed by atoms with Gasteiger partial charge < -0.3 is 4.74 Å². The lowest BCUT2D eigenvalue weighted by molar-refractivity contribution is 0.0810. The van der Waals surface area contributed by atoms with Gasteiger partial charge in [-0.25, -0.2) is 0 Å². The molecule has 3 nitrogen and oxygen atoms in total. The summed E-state index contributed by atoms with van der Waals surface area (Å²) in [4.78, 5) is 0. The number of nitrogens with one attached hydrogen (secondary N) is 1. The van der Waals surface area contributed by atoms with E-state index in [1.54, 1.807) is 7.11 Å². The molecule has 0 aliphatic rings. The van der Waals surface area contributed by atoms with Gasteiger partial charge in [0.15, 0.2) is 0 Å². The summed E-state index contributed by atoms with van der Waals surface area (Å²) in [6.07, 6.45) is -0.121. The topological polar surface area (TPSA) is 45.0 Å². The Morgan fingerprint density at radius 3 is 2.72 bits per heavy atom.